The van der Waals surface area contributed by atoms with Gasteiger partial charge in [-0.05, 0) is 49.4 Å². The minimum atomic E-state index is -4.50. The Morgan fingerprint density at radius 2 is 2.07 bits per heavy atom. The number of rotatable bonds is 4. The molecule has 0 aliphatic carbocycles. The summed E-state index contributed by atoms with van der Waals surface area (Å²) >= 11 is 1.03. The van der Waals surface area contributed by atoms with E-state index in [0.29, 0.717) is 30.0 Å². The number of thioether (sulfide) groups is 1. The van der Waals surface area contributed by atoms with E-state index in [1.165, 1.54) is 24.0 Å². The number of anilines is 2. The predicted octanol–water partition coefficient (Wildman–Crippen LogP) is 4.74. The lowest BCUT2D eigenvalue weighted by atomic mass is 10.1. The van der Waals surface area contributed by atoms with Gasteiger partial charge in [-0.2, -0.15) is 13.2 Å². The van der Waals surface area contributed by atoms with Gasteiger partial charge >= 0.3 is 12.2 Å². The molecule has 150 valence electrons. The molecule has 2 aromatic rings. The molecule has 0 saturated carbocycles. The molecule has 28 heavy (non-hydrogen) atoms. The van der Waals surface area contributed by atoms with Crippen LogP contribution in [0.5, 0.6) is 5.75 Å². The van der Waals surface area contributed by atoms with Crippen LogP contribution in [-0.2, 0) is 12.6 Å². The molecule has 0 spiro atoms. The van der Waals surface area contributed by atoms with Gasteiger partial charge in [0, 0.05) is 28.9 Å². The van der Waals surface area contributed by atoms with Crippen molar-refractivity contribution in [1.82, 2.24) is 0 Å². The molecule has 1 aliphatic heterocycles. The van der Waals surface area contributed by atoms with Gasteiger partial charge in [-0.25, -0.2) is 4.79 Å². The Kier molecular flexibility index (Phi) is 5.76. The number of hydrogen-bond acceptors (Lipinski definition) is 4. The Bertz CT molecular complexity index is 887. The maximum absolute atomic E-state index is 13.4. The van der Waals surface area contributed by atoms with Gasteiger partial charge in [-0.15, -0.1) is 11.8 Å². The van der Waals surface area contributed by atoms with Crippen molar-refractivity contribution in [2.45, 2.75) is 30.7 Å². The molecule has 2 aromatic carbocycles. The van der Waals surface area contributed by atoms with Gasteiger partial charge in [0.1, 0.15) is 5.75 Å². The smallest absolute Gasteiger partial charge is 0.417 e. The van der Waals surface area contributed by atoms with Crippen LogP contribution in [0.15, 0.2) is 41.3 Å². The molecule has 5 nitrogen and oxygen atoms in total. The number of hydrogen-bond donors (Lipinski definition) is 2. The van der Waals surface area contributed by atoms with E-state index in [-0.39, 0.29) is 10.6 Å². The fourth-order valence-corrected chi connectivity index (χ4v) is 3.71. The Morgan fingerprint density at radius 3 is 2.71 bits per heavy atom. The fourth-order valence-electron chi connectivity index (χ4n) is 3.05. The first kappa shape index (κ1) is 20.3. The topological polar surface area (TPSA) is 61.8 Å². The van der Waals surface area contributed by atoms with Crippen LogP contribution < -0.4 is 15.0 Å². The molecule has 0 radical (unpaired) electrons. The molecule has 9 heteroatoms. The van der Waals surface area contributed by atoms with Crippen molar-refractivity contribution in [2.75, 3.05) is 23.0 Å². The second-order valence-corrected chi connectivity index (χ2v) is 7.10. The van der Waals surface area contributed by atoms with Gasteiger partial charge in [0.05, 0.1) is 5.56 Å². The molecule has 0 fully saturated rings. The van der Waals surface area contributed by atoms with E-state index >= 15 is 0 Å². The number of benzene rings is 2. The van der Waals surface area contributed by atoms with Gasteiger partial charge in [0.15, 0.2) is 6.29 Å². The zero-order valence-corrected chi connectivity index (χ0v) is 16.0. The monoisotopic (exact) mass is 412 g/mol. The molecular formula is C19H19F3N2O3S. The number of urea groups is 1. The lowest BCUT2D eigenvalue weighted by Crippen LogP contribution is -2.33. The maximum atomic E-state index is 13.4. The Balaban J connectivity index is 1.84. The van der Waals surface area contributed by atoms with Crippen molar-refractivity contribution >= 4 is 29.2 Å². The van der Waals surface area contributed by atoms with Crippen LogP contribution in [0.1, 0.15) is 18.1 Å². The second-order valence-electron chi connectivity index (χ2n) is 6.26. The summed E-state index contributed by atoms with van der Waals surface area (Å²) in [6, 6.07) is 8.43. The van der Waals surface area contributed by atoms with Crippen LogP contribution in [0.4, 0.5) is 29.3 Å². The number of fused-ring (bicyclic) bond motifs is 1. The molecule has 3 rings (SSSR count). The summed E-state index contributed by atoms with van der Waals surface area (Å²) in [5.41, 5.74) is 0.636. The van der Waals surface area contributed by atoms with E-state index in [1.54, 1.807) is 24.5 Å². The summed E-state index contributed by atoms with van der Waals surface area (Å²) in [6.45, 7) is 1.74. The van der Waals surface area contributed by atoms with Crippen LogP contribution in [0.2, 0.25) is 0 Å². The summed E-state index contributed by atoms with van der Waals surface area (Å²) in [6.07, 6.45) is -3.42. The molecule has 2 amide bonds. The summed E-state index contributed by atoms with van der Waals surface area (Å²) in [4.78, 5) is 14.1. The molecule has 2 N–H and O–H groups in total. The number of ether oxygens (including phenoxy) is 1. The number of aliphatic hydroxyl groups excluding tert-OH is 1. The zero-order valence-electron chi connectivity index (χ0n) is 15.2. The highest BCUT2D eigenvalue weighted by atomic mass is 32.2. The number of aliphatic hydroxyl groups is 1. The number of carbonyl (C=O) groups is 1. The van der Waals surface area contributed by atoms with E-state index in [4.69, 9.17) is 4.74 Å². The van der Waals surface area contributed by atoms with Crippen molar-refractivity contribution < 1.29 is 27.8 Å². The lowest BCUT2D eigenvalue weighted by molar-refractivity contribution is -0.139. The summed E-state index contributed by atoms with van der Waals surface area (Å²) in [7, 11) is 0. The molecular weight excluding hydrogens is 393 g/mol. The van der Waals surface area contributed by atoms with E-state index in [2.05, 4.69) is 5.32 Å². The van der Waals surface area contributed by atoms with E-state index in [9.17, 15) is 23.1 Å². The zero-order chi connectivity index (χ0) is 20.5. The molecule has 1 unspecified atom stereocenters. The van der Waals surface area contributed by atoms with Crippen molar-refractivity contribution in [3.8, 4) is 5.75 Å². The SMILES string of the molecule is CSc1cc2c(cc1C(F)(F)F)N(C(=O)Nc1cccc(OC(C)O)c1)CC2. The Labute approximate surface area is 164 Å². The van der Waals surface area contributed by atoms with E-state index in [0.717, 1.165) is 17.8 Å². The highest BCUT2D eigenvalue weighted by Crippen LogP contribution is 2.42. The average molecular weight is 412 g/mol. The standard InChI is InChI=1S/C19H19F3N2O3S/c1-11(25)27-14-5-3-4-13(9-14)23-18(26)24-7-6-12-8-17(28-2)15(10-16(12)24)19(20,21)22/h3-5,8-11,25H,6-7H2,1-2H3,(H,23,26). The molecule has 0 bridgehead atoms. The Hall–Kier alpha value is -2.39. The van der Waals surface area contributed by atoms with Crippen LogP contribution in [0.25, 0.3) is 0 Å². The molecule has 1 aliphatic rings. The first-order chi connectivity index (χ1) is 13.2. The normalized spacial score (nSPS) is 14.6. The maximum Gasteiger partial charge on any atom is 0.417 e. The van der Waals surface area contributed by atoms with Gasteiger partial charge in [0.2, 0.25) is 0 Å². The first-order valence-corrected chi connectivity index (χ1v) is 9.73. The molecule has 0 saturated heterocycles. The highest BCUT2D eigenvalue weighted by molar-refractivity contribution is 7.98. The van der Waals surface area contributed by atoms with E-state index < -0.39 is 24.1 Å². The second kappa shape index (κ2) is 7.92. The quantitative estimate of drug-likeness (QED) is 0.563. The van der Waals surface area contributed by atoms with Crippen molar-refractivity contribution in [3.63, 3.8) is 0 Å². The van der Waals surface area contributed by atoms with Gasteiger partial charge in [-0.1, -0.05) is 6.07 Å². The van der Waals surface area contributed by atoms with Crippen LogP contribution in [0.3, 0.4) is 0 Å². The van der Waals surface area contributed by atoms with Crippen molar-refractivity contribution in [1.29, 1.82) is 0 Å². The third kappa shape index (κ3) is 4.36. The van der Waals surface area contributed by atoms with Gasteiger partial charge in [-0.3, -0.25) is 4.90 Å². The van der Waals surface area contributed by atoms with Gasteiger partial charge in [0.25, 0.3) is 0 Å². The number of alkyl halides is 3. The minimum absolute atomic E-state index is 0.150. The molecule has 0 aromatic heterocycles. The van der Waals surface area contributed by atoms with Gasteiger partial charge < -0.3 is 15.2 Å². The number of carbonyl (C=O) groups excluding carboxylic acids is 1. The number of nitrogens with one attached hydrogen (secondary N) is 1. The van der Waals surface area contributed by atoms with E-state index in [1.807, 2.05) is 0 Å². The Morgan fingerprint density at radius 1 is 1.32 bits per heavy atom. The summed E-state index contributed by atoms with van der Waals surface area (Å²) in [5.74, 6) is 0.360. The van der Waals surface area contributed by atoms with Crippen LogP contribution in [-0.4, -0.2) is 30.2 Å². The molecule has 1 atom stereocenters. The fraction of sp³-hybridized carbons (Fsp3) is 0.316. The number of halogens is 3. The number of nitrogens with zero attached hydrogens (tertiary/aromatic N) is 1. The van der Waals surface area contributed by atoms with Crippen LogP contribution in [0, 0.1) is 0 Å². The lowest BCUT2D eigenvalue weighted by Gasteiger charge is -2.20. The summed E-state index contributed by atoms with van der Waals surface area (Å²) < 4.78 is 45.2. The number of amides is 2. The largest absolute Gasteiger partial charge is 0.465 e. The first-order valence-electron chi connectivity index (χ1n) is 8.50. The van der Waals surface area contributed by atoms with Crippen LogP contribution >= 0.6 is 11.8 Å². The minimum Gasteiger partial charge on any atom is -0.465 e. The molecule has 1 heterocycles. The third-order valence-corrected chi connectivity index (χ3v) is 5.02. The summed E-state index contributed by atoms with van der Waals surface area (Å²) in [5, 5.41) is 11.9. The van der Waals surface area contributed by atoms with Crippen molar-refractivity contribution in [3.05, 3.63) is 47.5 Å². The third-order valence-electron chi connectivity index (χ3n) is 4.24. The van der Waals surface area contributed by atoms with Crippen molar-refractivity contribution in [2.24, 2.45) is 0 Å². The average Bonchev–Trinajstić information content (AvgIpc) is 3.02. The predicted molar refractivity (Wildman–Crippen MR) is 102 cm³/mol. The highest BCUT2D eigenvalue weighted by Gasteiger charge is 2.36.